The smallest absolute Gasteiger partial charge is 0.243 e. The number of aliphatic hydroxyl groups is 1. The number of nitrogens with zero attached hydrogens (tertiary/aromatic N) is 1. The molecule has 0 aromatic heterocycles. The Morgan fingerprint density at radius 2 is 1.86 bits per heavy atom. The zero-order chi connectivity index (χ0) is 16.2. The molecule has 1 aromatic carbocycles. The van der Waals surface area contributed by atoms with Crippen LogP contribution in [0.4, 0.5) is 0 Å². The second kappa shape index (κ2) is 7.38. The molecule has 0 radical (unpaired) electrons. The quantitative estimate of drug-likeness (QED) is 0.841. The summed E-state index contributed by atoms with van der Waals surface area (Å²) in [5, 5.41) is 9.88. The van der Waals surface area contributed by atoms with Gasteiger partial charge in [-0.25, -0.2) is 8.42 Å². The molecule has 120 valence electrons. The standard InChI is InChI=1S/C16H27NO3S/c1-6-16(18)14-8-7-9-15(11-14)21(19,20)17(5)13(4)10-12(2)3/h7-9,11-13,16,18H,6,10H2,1-5H3. The van der Waals surface area contributed by atoms with Crippen molar-refractivity contribution in [2.45, 2.75) is 57.6 Å². The van der Waals surface area contributed by atoms with E-state index in [1.165, 1.54) is 4.31 Å². The summed E-state index contributed by atoms with van der Waals surface area (Å²) in [6.45, 7) is 7.94. The molecule has 0 saturated heterocycles. The van der Waals surface area contributed by atoms with Crippen LogP contribution in [0.3, 0.4) is 0 Å². The van der Waals surface area contributed by atoms with Crippen molar-refractivity contribution in [3.8, 4) is 0 Å². The van der Waals surface area contributed by atoms with Crippen LogP contribution in [0, 0.1) is 5.92 Å². The molecule has 2 atom stereocenters. The van der Waals surface area contributed by atoms with Crippen LogP contribution in [-0.2, 0) is 10.0 Å². The molecule has 4 nitrogen and oxygen atoms in total. The van der Waals surface area contributed by atoms with Gasteiger partial charge in [0.1, 0.15) is 0 Å². The second-order valence-corrected chi connectivity index (χ2v) is 7.99. The van der Waals surface area contributed by atoms with E-state index in [4.69, 9.17) is 0 Å². The first kappa shape index (κ1) is 18.1. The summed E-state index contributed by atoms with van der Waals surface area (Å²) >= 11 is 0. The molecule has 5 heteroatoms. The van der Waals surface area contributed by atoms with Gasteiger partial charge in [0.15, 0.2) is 0 Å². The first-order valence-electron chi connectivity index (χ1n) is 7.46. The lowest BCUT2D eigenvalue weighted by Gasteiger charge is -2.26. The highest BCUT2D eigenvalue weighted by atomic mass is 32.2. The van der Waals surface area contributed by atoms with Crippen LogP contribution in [0.25, 0.3) is 0 Å². The van der Waals surface area contributed by atoms with Gasteiger partial charge in [0.05, 0.1) is 11.0 Å². The average molecular weight is 313 g/mol. The van der Waals surface area contributed by atoms with Gasteiger partial charge in [-0.05, 0) is 43.4 Å². The van der Waals surface area contributed by atoms with E-state index in [0.717, 1.165) is 6.42 Å². The highest BCUT2D eigenvalue weighted by Crippen LogP contribution is 2.24. The minimum atomic E-state index is -3.53. The summed E-state index contributed by atoms with van der Waals surface area (Å²) in [6.07, 6.45) is 0.745. The van der Waals surface area contributed by atoms with Crippen molar-refractivity contribution in [3.63, 3.8) is 0 Å². The summed E-state index contributed by atoms with van der Waals surface area (Å²) in [4.78, 5) is 0.241. The van der Waals surface area contributed by atoms with Crippen LogP contribution < -0.4 is 0 Å². The maximum Gasteiger partial charge on any atom is 0.243 e. The van der Waals surface area contributed by atoms with E-state index in [1.54, 1.807) is 31.3 Å². The Morgan fingerprint density at radius 3 is 2.38 bits per heavy atom. The molecular weight excluding hydrogens is 286 g/mol. The van der Waals surface area contributed by atoms with Crippen molar-refractivity contribution < 1.29 is 13.5 Å². The Labute approximate surface area is 128 Å². The van der Waals surface area contributed by atoms with Crippen molar-refractivity contribution >= 4 is 10.0 Å². The van der Waals surface area contributed by atoms with Gasteiger partial charge in [-0.15, -0.1) is 0 Å². The highest BCUT2D eigenvalue weighted by molar-refractivity contribution is 7.89. The minimum absolute atomic E-state index is 0.0604. The van der Waals surface area contributed by atoms with Gasteiger partial charge in [0.2, 0.25) is 10.0 Å². The van der Waals surface area contributed by atoms with E-state index in [9.17, 15) is 13.5 Å². The number of benzene rings is 1. The maximum atomic E-state index is 12.7. The van der Waals surface area contributed by atoms with Gasteiger partial charge in [0.25, 0.3) is 0 Å². The Hall–Kier alpha value is -0.910. The zero-order valence-electron chi connectivity index (χ0n) is 13.6. The normalized spacial score (nSPS) is 15.4. The first-order chi connectivity index (χ1) is 9.70. The Kier molecular flexibility index (Phi) is 6.38. The molecule has 0 bridgehead atoms. The van der Waals surface area contributed by atoms with Crippen molar-refractivity contribution in [2.24, 2.45) is 5.92 Å². The number of hydrogen-bond donors (Lipinski definition) is 1. The van der Waals surface area contributed by atoms with Gasteiger partial charge in [-0.3, -0.25) is 0 Å². The molecule has 0 spiro atoms. The summed E-state index contributed by atoms with van der Waals surface area (Å²) in [5.74, 6) is 0.436. The SMILES string of the molecule is CCC(O)c1cccc(S(=O)(=O)N(C)C(C)CC(C)C)c1. The van der Waals surface area contributed by atoms with Crippen LogP contribution in [0.5, 0.6) is 0 Å². The summed E-state index contributed by atoms with van der Waals surface area (Å²) < 4.78 is 26.7. The Balaban J connectivity index is 3.07. The Morgan fingerprint density at radius 1 is 1.24 bits per heavy atom. The van der Waals surface area contributed by atoms with E-state index in [0.29, 0.717) is 17.9 Å². The Bertz CT molecular complexity index is 554. The molecular formula is C16H27NO3S. The third-order valence-corrected chi connectivity index (χ3v) is 5.71. The minimum Gasteiger partial charge on any atom is -0.388 e. The number of sulfonamides is 1. The molecule has 21 heavy (non-hydrogen) atoms. The van der Waals surface area contributed by atoms with Gasteiger partial charge in [0, 0.05) is 13.1 Å². The summed E-state index contributed by atoms with van der Waals surface area (Å²) in [7, 11) is -1.91. The first-order valence-corrected chi connectivity index (χ1v) is 8.90. The number of hydrogen-bond acceptors (Lipinski definition) is 3. The predicted molar refractivity (Wildman–Crippen MR) is 85.6 cm³/mol. The largest absolute Gasteiger partial charge is 0.388 e. The van der Waals surface area contributed by atoms with Crippen LogP contribution >= 0.6 is 0 Å². The predicted octanol–water partition coefficient (Wildman–Crippen LogP) is 3.19. The average Bonchev–Trinajstić information content (AvgIpc) is 2.44. The molecule has 0 amide bonds. The second-order valence-electron chi connectivity index (χ2n) is 6.00. The molecule has 0 heterocycles. The van der Waals surface area contributed by atoms with Gasteiger partial charge in [-0.2, -0.15) is 4.31 Å². The highest BCUT2D eigenvalue weighted by Gasteiger charge is 2.26. The third kappa shape index (κ3) is 4.53. The molecule has 0 aliphatic carbocycles. The van der Waals surface area contributed by atoms with Crippen molar-refractivity contribution in [1.29, 1.82) is 0 Å². The van der Waals surface area contributed by atoms with E-state index < -0.39 is 16.1 Å². The molecule has 1 aromatic rings. The topological polar surface area (TPSA) is 57.6 Å². The van der Waals surface area contributed by atoms with E-state index >= 15 is 0 Å². The van der Waals surface area contributed by atoms with Crippen molar-refractivity contribution in [2.75, 3.05) is 7.05 Å². The third-order valence-electron chi connectivity index (χ3n) is 3.74. The van der Waals surface area contributed by atoms with Crippen LogP contribution in [0.1, 0.15) is 52.2 Å². The lowest BCUT2D eigenvalue weighted by atomic mass is 10.1. The fourth-order valence-corrected chi connectivity index (χ4v) is 3.78. The monoisotopic (exact) mass is 313 g/mol. The molecule has 2 unspecified atom stereocenters. The number of aliphatic hydroxyl groups excluding tert-OH is 1. The maximum absolute atomic E-state index is 12.7. The van der Waals surface area contributed by atoms with Crippen LogP contribution in [-0.4, -0.2) is 30.9 Å². The van der Waals surface area contributed by atoms with Crippen molar-refractivity contribution in [1.82, 2.24) is 4.31 Å². The molecule has 0 saturated carbocycles. The lowest BCUT2D eigenvalue weighted by molar-refractivity contribution is 0.173. The molecule has 0 fully saturated rings. The fourth-order valence-electron chi connectivity index (χ4n) is 2.35. The van der Waals surface area contributed by atoms with Gasteiger partial charge >= 0.3 is 0 Å². The van der Waals surface area contributed by atoms with Crippen LogP contribution in [0.15, 0.2) is 29.2 Å². The van der Waals surface area contributed by atoms with Crippen molar-refractivity contribution in [3.05, 3.63) is 29.8 Å². The van der Waals surface area contributed by atoms with E-state index in [2.05, 4.69) is 13.8 Å². The van der Waals surface area contributed by atoms with E-state index in [1.807, 2.05) is 13.8 Å². The van der Waals surface area contributed by atoms with Gasteiger partial charge in [-0.1, -0.05) is 32.9 Å². The van der Waals surface area contributed by atoms with E-state index in [-0.39, 0.29) is 10.9 Å². The van der Waals surface area contributed by atoms with Gasteiger partial charge < -0.3 is 5.11 Å². The molecule has 0 aliphatic heterocycles. The van der Waals surface area contributed by atoms with Crippen LogP contribution in [0.2, 0.25) is 0 Å². The summed E-state index contributed by atoms with van der Waals surface area (Å²) in [6, 6.07) is 6.53. The molecule has 1 N–H and O–H groups in total. The summed E-state index contributed by atoms with van der Waals surface area (Å²) in [5.41, 5.74) is 0.642. The number of rotatable bonds is 7. The molecule has 1 rings (SSSR count). The fraction of sp³-hybridized carbons (Fsp3) is 0.625. The lowest BCUT2D eigenvalue weighted by Crippen LogP contribution is -2.35. The zero-order valence-corrected chi connectivity index (χ0v) is 14.4. The molecule has 0 aliphatic rings.